The van der Waals surface area contributed by atoms with Crippen LogP contribution < -0.4 is 5.32 Å². The Morgan fingerprint density at radius 3 is 2.67 bits per heavy atom. The van der Waals surface area contributed by atoms with Crippen LogP contribution in [0.3, 0.4) is 0 Å². The number of anilines is 1. The zero-order chi connectivity index (χ0) is 19.0. The van der Waals surface area contributed by atoms with E-state index in [1.165, 1.54) is 6.33 Å². The van der Waals surface area contributed by atoms with Gasteiger partial charge in [-0.3, -0.25) is 14.5 Å². The summed E-state index contributed by atoms with van der Waals surface area (Å²) in [4.78, 5) is 20.6. The first-order chi connectivity index (χ1) is 13.1. The van der Waals surface area contributed by atoms with Crippen LogP contribution in [-0.2, 0) is 4.74 Å². The lowest BCUT2D eigenvalue weighted by atomic mass is 10.0. The molecule has 0 bridgehead atoms. The van der Waals surface area contributed by atoms with E-state index in [4.69, 9.17) is 4.74 Å². The number of nitrogens with zero attached hydrogens (tertiary/aromatic N) is 3. The van der Waals surface area contributed by atoms with E-state index >= 15 is 0 Å². The Labute approximate surface area is 153 Å². The summed E-state index contributed by atoms with van der Waals surface area (Å²) < 4.78 is 7.10. The first-order valence-electron chi connectivity index (χ1n) is 8.40. The average Bonchev–Trinajstić information content (AvgIpc) is 3.25. The molecule has 1 fully saturated rings. The minimum Gasteiger partial charge on any atom is -0.394 e. The molecule has 1 amide bonds. The second kappa shape index (κ2) is 7.05. The van der Waals surface area contributed by atoms with Crippen LogP contribution in [0.5, 0.6) is 0 Å². The van der Waals surface area contributed by atoms with Gasteiger partial charge in [0.25, 0.3) is 5.91 Å². The molecule has 1 aliphatic rings. The van der Waals surface area contributed by atoms with Crippen molar-refractivity contribution in [3.05, 3.63) is 60.0 Å². The average molecular weight is 370 g/mol. The Hall–Kier alpha value is -2.85. The Bertz CT molecular complexity index is 961. The van der Waals surface area contributed by atoms with Gasteiger partial charge in [-0.1, -0.05) is 18.2 Å². The van der Waals surface area contributed by atoms with Crippen molar-refractivity contribution in [1.29, 1.82) is 0 Å². The van der Waals surface area contributed by atoms with Gasteiger partial charge < -0.3 is 20.1 Å². The molecule has 0 spiro atoms. The van der Waals surface area contributed by atoms with Crippen LogP contribution in [0.1, 0.15) is 22.0 Å². The topological polar surface area (TPSA) is 129 Å². The summed E-state index contributed by atoms with van der Waals surface area (Å²) in [5.41, 5.74) is 1.52. The van der Waals surface area contributed by atoms with Gasteiger partial charge in [0.1, 0.15) is 36.4 Å². The number of amides is 1. The van der Waals surface area contributed by atoms with Crippen LogP contribution in [-0.4, -0.2) is 60.5 Å². The van der Waals surface area contributed by atoms with Gasteiger partial charge in [-0.05, 0) is 18.2 Å². The molecule has 140 valence electrons. The third-order valence-corrected chi connectivity index (χ3v) is 4.55. The van der Waals surface area contributed by atoms with E-state index in [2.05, 4.69) is 15.3 Å². The SMILES string of the molecule is O=C(Nc1ncnc2cc([C@@H]3O[C@H](CO)[C@@H](O)[C@@H]3O)cn12)c1ccccc1. The molecule has 2 aromatic heterocycles. The van der Waals surface area contributed by atoms with Crippen LogP contribution in [0.15, 0.2) is 48.9 Å². The molecule has 0 unspecified atom stereocenters. The van der Waals surface area contributed by atoms with Gasteiger partial charge in [0.05, 0.1) is 6.61 Å². The summed E-state index contributed by atoms with van der Waals surface area (Å²) in [6.45, 7) is -0.402. The highest BCUT2D eigenvalue weighted by Gasteiger charge is 2.43. The summed E-state index contributed by atoms with van der Waals surface area (Å²) in [5, 5.41) is 32.1. The van der Waals surface area contributed by atoms with E-state index in [-0.39, 0.29) is 11.9 Å². The lowest BCUT2D eigenvalue weighted by molar-refractivity contribution is -0.0227. The molecule has 9 heteroatoms. The molecule has 1 aromatic carbocycles. The predicted octanol–water partition coefficient (Wildman–Crippen LogP) is 0.136. The van der Waals surface area contributed by atoms with Crippen LogP contribution >= 0.6 is 0 Å². The fraction of sp³-hybridized carbons (Fsp3) is 0.278. The summed E-state index contributed by atoms with van der Waals surface area (Å²) >= 11 is 0. The maximum atomic E-state index is 12.4. The highest BCUT2D eigenvalue weighted by Crippen LogP contribution is 2.34. The molecule has 3 heterocycles. The van der Waals surface area contributed by atoms with Gasteiger partial charge in [0.2, 0.25) is 5.95 Å². The number of carbonyl (C=O) groups excluding carboxylic acids is 1. The van der Waals surface area contributed by atoms with E-state index in [1.54, 1.807) is 40.9 Å². The number of aliphatic hydroxyl groups is 3. The summed E-state index contributed by atoms with van der Waals surface area (Å²) in [7, 11) is 0. The van der Waals surface area contributed by atoms with Crippen LogP contribution in [0.2, 0.25) is 0 Å². The van der Waals surface area contributed by atoms with E-state index in [0.717, 1.165) is 0 Å². The van der Waals surface area contributed by atoms with Gasteiger partial charge in [0, 0.05) is 17.3 Å². The number of nitrogens with one attached hydrogen (secondary N) is 1. The van der Waals surface area contributed by atoms with Crippen molar-refractivity contribution in [3.8, 4) is 0 Å². The number of hydrogen-bond donors (Lipinski definition) is 4. The standard InChI is InChI=1S/C18H18N4O5/c23-8-12-14(24)15(25)16(27-12)11-6-13-19-9-20-18(22(13)7-11)21-17(26)10-4-2-1-3-5-10/h1-7,9,12,14-16,23-25H,8H2,(H,19,20,21,26)/t12-,14-,15+,16+/m1/s1. The Morgan fingerprint density at radius 1 is 1.19 bits per heavy atom. The van der Waals surface area contributed by atoms with Crippen molar-refractivity contribution in [3.63, 3.8) is 0 Å². The van der Waals surface area contributed by atoms with Crippen molar-refractivity contribution in [1.82, 2.24) is 14.4 Å². The van der Waals surface area contributed by atoms with Gasteiger partial charge >= 0.3 is 0 Å². The number of carbonyl (C=O) groups is 1. The summed E-state index contributed by atoms with van der Waals surface area (Å²) in [6, 6.07) is 10.4. The van der Waals surface area contributed by atoms with Crippen molar-refractivity contribution in [2.45, 2.75) is 24.4 Å². The second-order valence-corrected chi connectivity index (χ2v) is 6.28. The minimum absolute atomic E-state index is 0.256. The van der Waals surface area contributed by atoms with Crippen LogP contribution in [0.4, 0.5) is 5.95 Å². The number of aromatic nitrogens is 3. The molecule has 0 saturated carbocycles. The van der Waals surface area contributed by atoms with Crippen LogP contribution in [0.25, 0.3) is 5.65 Å². The molecule has 1 saturated heterocycles. The molecular formula is C18H18N4O5. The number of fused-ring (bicyclic) bond motifs is 1. The normalized spacial score (nSPS) is 25.0. The third kappa shape index (κ3) is 3.17. The van der Waals surface area contributed by atoms with Gasteiger partial charge in [-0.25, -0.2) is 9.97 Å². The number of rotatable bonds is 4. The maximum Gasteiger partial charge on any atom is 0.257 e. The quantitative estimate of drug-likeness (QED) is 0.514. The lowest BCUT2D eigenvalue weighted by Crippen LogP contribution is -2.32. The molecule has 1 aliphatic heterocycles. The summed E-state index contributed by atoms with van der Waals surface area (Å²) in [6.07, 6.45) is -1.12. The summed E-state index contributed by atoms with van der Waals surface area (Å²) in [5.74, 6) is -0.0642. The first kappa shape index (κ1) is 17.6. The number of hydrogen-bond acceptors (Lipinski definition) is 7. The molecule has 27 heavy (non-hydrogen) atoms. The molecule has 4 rings (SSSR count). The van der Waals surface area contributed by atoms with Gasteiger partial charge in [0.15, 0.2) is 0 Å². The molecule has 9 nitrogen and oxygen atoms in total. The first-order valence-corrected chi connectivity index (χ1v) is 8.40. The zero-order valence-corrected chi connectivity index (χ0v) is 14.1. The highest BCUT2D eigenvalue weighted by molar-refractivity contribution is 6.03. The Balaban J connectivity index is 1.64. The third-order valence-electron chi connectivity index (χ3n) is 4.55. The number of aliphatic hydroxyl groups excluding tert-OH is 3. The van der Waals surface area contributed by atoms with E-state index in [0.29, 0.717) is 16.8 Å². The molecule has 0 aliphatic carbocycles. The van der Waals surface area contributed by atoms with Gasteiger partial charge in [-0.2, -0.15) is 0 Å². The molecule has 4 atom stereocenters. The Kier molecular flexibility index (Phi) is 4.58. The minimum atomic E-state index is -1.19. The molecule has 0 radical (unpaired) electrons. The van der Waals surface area contributed by atoms with Crippen molar-refractivity contribution in [2.24, 2.45) is 0 Å². The number of benzene rings is 1. The molecule has 4 N–H and O–H groups in total. The smallest absolute Gasteiger partial charge is 0.257 e. The van der Waals surface area contributed by atoms with Crippen molar-refractivity contribution < 1.29 is 24.9 Å². The number of ether oxygens (including phenoxy) is 1. The largest absolute Gasteiger partial charge is 0.394 e. The molecule has 3 aromatic rings. The maximum absolute atomic E-state index is 12.4. The van der Waals surface area contributed by atoms with Crippen molar-refractivity contribution in [2.75, 3.05) is 11.9 Å². The monoisotopic (exact) mass is 370 g/mol. The predicted molar refractivity (Wildman–Crippen MR) is 94.1 cm³/mol. The zero-order valence-electron chi connectivity index (χ0n) is 14.1. The highest BCUT2D eigenvalue weighted by atomic mass is 16.6. The van der Waals surface area contributed by atoms with E-state index < -0.39 is 31.0 Å². The lowest BCUT2D eigenvalue weighted by Gasteiger charge is -2.12. The van der Waals surface area contributed by atoms with Gasteiger partial charge in [-0.15, -0.1) is 0 Å². The molecular weight excluding hydrogens is 352 g/mol. The fourth-order valence-electron chi connectivity index (χ4n) is 3.13. The van der Waals surface area contributed by atoms with Crippen LogP contribution in [0, 0.1) is 0 Å². The second-order valence-electron chi connectivity index (χ2n) is 6.28. The van der Waals surface area contributed by atoms with Crippen molar-refractivity contribution >= 4 is 17.5 Å². The van der Waals surface area contributed by atoms with E-state index in [1.807, 2.05) is 6.07 Å². The van der Waals surface area contributed by atoms with E-state index in [9.17, 15) is 20.1 Å². The fourth-order valence-corrected chi connectivity index (χ4v) is 3.13. The Morgan fingerprint density at radius 2 is 1.96 bits per heavy atom.